The van der Waals surface area contributed by atoms with E-state index in [0.29, 0.717) is 11.4 Å². The topological polar surface area (TPSA) is 113 Å². The number of aromatic nitrogens is 1. The van der Waals surface area contributed by atoms with Crippen LogP contribution in [-0.2, 0) is 9.59 Å². The number of nitrogens with zero attached hydrogens (tertiary/aromatic N) is 1. The van der Waals surface area contributed by atoms with Crippen molar-refractivity contribution >= 4 is 39.3 Å². The minimum Gasteiger partial charge on any atom is -0.355 e. The van der Waals surface area contributed by atoms with Crippen molar-refractivity contribution in [3.63, 3.8) is 0 Å². The lowest BCUT2D eigenvalue weighted by Gasteiger charge is -2.10. The van der Waals surface area contributed by atoms with E-state index in [1.807, 2.05) is 49.4 Å². The molecule has 1 heterocycles. The quantitative estimate of drug-likeness (QED) is 0.491. The van der Waals surface area contributed by atoms with Crippen LogP contribution in [0.5, 0.6) is 0 Å². The number of carbonyl (C=O) groups is 3. The Morgan fingerprint density at radius 2 is 1.70 bits per heavy atom. The highest BCUT2D eigenvalue weighted by Crippen LogP contribution is 2.20. The van der Waals surface area contributed by atoms with Crippen LogP contribution in [-0.4, -0.2) is 36.0 Å². The molecule has 0 unspecified atom stereocenters. The number of amides is 3. The molecule has 8 nitrogen and oxygen atoms in total. The molecule has 3 amide bonds. The molecule has 0 spiro atoms. The van der Waals surface area contributed by atoms with Gasteiger partial charge < -0.3 is 20.5 Å². The standard InChI is InChI=1S/C21H19BrN4O4/c1-13-9-15(22)7-8-16(13)25-20(28)12-23-19(27)11-24-21(29)17-10-18(30-26-17)14-5-3-2-4-6-14/h2-10H,11-12H2,1H3,(H,23,27)(H,24,29)(H,25,28). The number of rotatable bonds is 7. The first-order valence-corrected chi connectivity index (χ1v) is 9.84. The highest BCUT2D eigenvalue weighted by molar-refractivity contribution is 9.10. The van der Waals surface area contributed by atoms with Gasteiger partial charge in [-0.2, -0.15) is 0 Å². The minimum absolute atomic E-state index is 0.0603. The van der Waals surface area contributed by atoms with Crippen molar-refractivity contribution in [2.24, 2.45) is 0 Å². The third-order valence-electron chi connectivity index (χ3n) is 4.12. The van der Waals surface area contributed by atoms with Crippen molar-refractivity contribution < 1.29 is 18.9 Å². The second-order valence-electron chi connectivity index (χ2n) is 6.41. The first kappa shape index (κ1) is 21.3. The van der Waals surface area contributed by atoms with Crippen molar-refractivity contribution in [2.45, 2.75) is 6.92 Å². The fourth-order valence-electron chi connectivity index (χ4n) is 2.57. The van der Waals surface area contributed by atoms with E-state index < -0.39 is 11.8 Å². The average molecular weight is 471 g/mol. The number of hydrogen-bond donors (Lipinski definition) is 3. The number of halogens is 1. The summed E-state index contributed by atoms with van der Waals surface area (Å²) < 4.78 is 6.07. The lowest BCUT2D eigenvalue weighted by molar-refractivity contribution is -0.123. The fraction of sp³-hybridized carbons (Fsp3) is 0.143. The fourth-order valence-corrected chi connectivity index (χ4v) is 3.05. The van der Waals surface area contributed by atoms with Crippen LogP contribution in [0.15, 0.2) is 63.6 Å². The van der Waals surface area contributed by atoms with E-state index in [1.54, 1.807) is 6.07 Å². The van der Waals surface area contributed by atoms with Gasteiger partial charge in [0.2, 0.25) is 11.8 Å². The van der Waals surface area contributed by atoms with E-state index in [-0.39, 0.29) is 24.7 Å². The maximum Gasteiger partial charge on any atom is 0.273 e. The van der Waals surface area contributed by atoms with E-state index in [2.05, 4.69) is 37.0 Å². The van der Waals surface area contributed by atoms with Gasteiger partial charge in [-0.25, -0.2) is 0 Å². The Morgan fingerprint density at radius 1 is 0.967 bits per heavy atom. The van der Waals surface area contributed by atoms with Gasteiger partial charge in [0.15, 0.2) is 11.5 Å². The molecule has 0 atom stereocenters. The van der Waals surface area contributed by atoms with Crippen LogP contribution in [0.4, 0.5) is 5.69 Å². The summed E-state index contributed by atoms with van der Waals surface area (Å²) in [7, 11) is 0. The van der Waals surface area contributed by atoms with Gasteiger partial charge in [0, 0.05) is 21.8 Å². The molecule has 0 aliphatic carbocycles. The highest BCUT2D eigenvalue weighted by Gasteiger charge is 2.15. The Balaban J connectivity index is 1.43. The number of benzene rings is 2. The molecule has 0 saturated carbocycles. The molecule has 2 aromatic carbocycles. The van der Waals surface area contributed by atoms with Gasteiger partial charge in [-0.1, -0.05) is 51.4 Å². The molecule has 3 N–H and O–H groups in total. The molecule has 0 aliphatic heterocycles. The highest BCUT2D eigenvalue weighted by atomic mass is 79.9. The molecule has 0 radical (unpaired) electrons. The van der Waals surface area contributed by atoms with Gasteiger partial charge in [0.1, 0.15) is 0 Å². The maximum absolute atomic E-state index is 12.1. The van der Waals surface area contributed by atoms with E-state index in [0.717, 1.165) is 15.6 Å². The Labute approximate surface area is 181 Å². The number of aryl methyl sites for hydroxylation is 1. The lowest BCUT2D eigenvalue weighted by Crippen LogP contribution is -2.40. The molecule has 30 heavy (non-hydrogen) atoms. The molecule has 154 valence electrons. The molecule has 9 heteroatoms. The Morgan fingerprint density at radius 3 is 2.43 bits per heavy atom. The summed E-state index contributed by atoms with van der Waals surface area (Å²) >= 11 is 3.36. The predicted octanol–water partition coefficient (Wildman–Crippen LogP) is 2.90. The summed E-state index contributed by atoms with van der Waals surface area (Å²) in [5.74, 6) is -0.974. The Bertz CT molecular complexity index is 1070. The summed E-state index contributed by atoms with van der Waals surface area (Å²) in [6.45, 7) is 1.35. The van der Waals surface area contributed by atoms with Crippen molar-refractivity contribution in [2.75, 3.05) is 18.4 Å². The molecule has 0 aliphatic rings. The van der Waals surface area contributed by atoms with Crippen LogP contribution >= 0.6 is 15.9 Å². The van der Waals surface area contributed by atoms with E-state index in [4.69, 9.17) is 4.52 Å². The van der Waals surface area contributed by atoms with E-state index >= 15 is 0 Å². The molecule has 1 aromatic heterocycles. The second-order valence-corrected chi connectivity index (χ2v) is 7.32. The normalized spacial score (nSPS) is 10.3. The molecular formula is C21H19BrN4O4. The third-order valence-corrected chi connectivity index (χ3v) is 4.61. The summed E-state index contributed by atoms with van der Waals surface area (Å²) in [6.07, 6.45) is 0. The van der Waals surface area contributed by atoms with Gasteiger partial charge in [-0.3, -0.25) is 14.4 Å². The number of carbonyl (C=O) groups excluding carboxylic acids is 3. The number of anilines is 1. The van der Waals surface area contributed by atoms with Crippen LogP contribution in [0.3, 0.4) is 0 Å². The second kappa shape index (κ2) is 9.84. The van der Waals surface area contributed by atoms with Crippen LogP contribution in [0, 0.1) is 6.92 Å². The predicted molar refractivity (Wildman–Crippen MR) is 115 cm³/mol. The number of nitrogens with one attached hydrogen (secondary N) is 3. The maximum atomic E-state index is 12.1. The summed E-state index contributed by atoms with van der Waals surface area (Å²) in [5.41, 5.74) is 2.39. The van der Waals surface area contributed by atoms with Crippen molar-refractivity contribution in [1.29, 1.82) is 0 Å². The lowest BCUT2D eigenvalue weighted by atomic mass is 10.1. The van der Waals surface area contributed by atoms with Crippen LogP contribution in [0.1, 0.15) is 16.1 Å². The van der Waals surface area contributed by atoms with Gasteiger partial charge in [0.25, 0.3) is 5.91 Å². The molecular weight excluding hydrogens is 452 g/mol. The van der Waals surface area contributed by atoms with E-state index in [1.165, 1.54) is 6.07 Å². The number of hydrogen-bond acceptors (Lipinski definition) is 5. The molecule has 3 rings (SSSR count). The Kier molecular flexibility index (Phi) is 6.97. The Hall–Kier alpha value is -3.46. The third kappa shape index (κ3) is 5.77. The largest absolute Gasteiger partial charge is 0.355 e. The van der Waals surface area contributed by atoms with Gasteiger partial charge >= 0.3 is 0 Å². The van der Waals surface area contributed by atoms with Crippen molar-refractivity contribution in [1.82, 2.24) is 15.8 Å². The zero-order chi connectivity index (χ0) is 21.5. The summed E-state index contributed by atoms with van der Waals surface area (Å²) in [6, 6.07) is 16.2. The van der Waals surface area contributed by atoms with Crippen LogP contribution < -0.4 is 16.0 Å². The SMILES string of the molecule is Cc1cc(Br)ccc1NC(=O)CNC(=O)CNC(=O)c1cc(-c2ccccc2)on1. The zero-order valence-corrected chi connectivity index (χ0v) is 17.7. The van der Waals surface area contributed by atoms with Gasteiger partial charge in [-0.05, 0) is 30.7 Å². The molecule has 0 saturated heterocycles. The van der Waals surface area contributed by atoms with Gasteiger partial charge in [0.05, 0.1) is 13.1 Å². The minimum atomic E-state index is -0.550. The summed E-state index contributed by atoms with van der Waals surface area (Å²) in [4.78, 5) is 36.1. The smallest absolute Gasteiger partial charge is 0.273 e. The van der Waals surface area contributed by atoms with Gasteiger partial charge in [-0.15, -0.1) is 0 Å². The van der Waals surface area contributed by atoms with Crippen LogP contribution in [0.2, 0.25) is 0 Å². The molecule has 3 aromatic rings. The van der Waals surface area contributed by atoms with Crippen molar-refractivity contribution in [3.8, 4) is 11.3 Å². The zero-order valence-electron chi connectivity index (χ0n) is 16.1. The summed E-state index contributed by atoms with van der Waals surface area (Å²) in [5, 5.41) is 11.3. The van der Waals surface area contributed by atoms with Crippen molar-refractivity contribution in [3.05, 3.63) is 70.3 Å². The molecule has 0 fully saturated rings. The monoisotopic (exact) mass is 470 g/mol. The average Bonchev–Trinajstić information content (AvgIpc) is 3.23. The first-order chi connectivity index (χ1) is 14.4. The molecule has 0 bridgehead atoms. The first-order valence-electron chi connectivity index (χ1n) is 9.05. The van der Waals surface area contributed by atoms with E-state index in [9.17, 15) is 14.4 Å². The van der Waals surface area contributed by atoms with Crippen LogP contribution in [0.25, 0.3) is 11.3 Å².